The van der Waals surface area contributed by atoms with Crippen molar-refractivity contribution in [1.29, 1.82) is 0 Å². The van der Waals surface area contributed by atoms with Crippen LogP contribution in [0.5, 0.6) is 11.5 Å². The van der Waals surface area contributed by atoms with Crippen LogP contribution in [0.3, 0.4) is 0 Å². The number of ketones is 1. The van der Waals surface area contributed by atoms with E-state index in [9.17, 15) is 9.59 Å². The van der Waals surface area contributed by atoms with E-state index in [2.05, 4.69) is 0 Å². The van der Waals surface area contributed by atoms with Gasteiger partial charge in [0.15, 0.2) is 17.3 Å². The number of Topliss-reactive ketones (excluding diaryl/α,β-unsaturated/α-hetero) is 1. The molecule has 0 amide bonds. The van der Waals surface area contributed by atoms with Crippen LogP contribution in [0, 0.1) is 5.41 Å². The van der Waals surface area contributed by atoms with E-state index in [1.165, 1.54) is 21.0 Å². The van der Waals surface area contributed by atoms with Gasteiger partial charge in [-0.25, -0.2) is 0 Å². The van der Waals surface area contributed by atoms with E-state index in [1.807, 2.05) is 0 Å². The van der Waals surface area contributed by atoms with Crippen LogP contribution in [0.15, 0.2) is 24.3 Å². The lowest BCUT2D eigenvalue weighted by Gasteiger charge is -2.21. The highest BCUT2D eigenvalue weighted by atomic mass is 16.5. The van der Waals surface area contributed by atoms with Crippen LogP contribution in [0.4, 0.5) is 0 Å². The van der Waals surface area contributed by atoms with Gasteiger partial charge in [0, 0.05) is 0 Å². The third-order valence-electron chi connectivity index (χ3n) is 2.91. The average molecular weight is 280 g/mol. The average Bonchev–Trinajstić information content (AvgIpc) is 2.45. The maximum atomic E-state index is 12.1. The minimum absolute atomic E-state index is 0.216. The molecule has 0 unspecified atom stereocenters. The van der Waals surface area contributed by atoms with Crippen molar-refractivity contribution < 1.29 is 23.8 Å². The smallest absolute Gasteiger partial charge is 0.319 e. The lowest BCUT2D eigenvalue weighted by molar-refractivity contribution is -0.158. The molecule has 0 saturated carbocycles. The summed E-state index contributed by atoms with van der Waals surface area (Å²) in [6, 6.07) is 7.01. The van der Waals surface area contributed by atoms with Crippen molar-refractivity contribution in [3.05, 3.63) is 24.3 Å². The van der Waals surface area contributed by atoms with Crippen LogP contribution in [-0.2, 0) is 14.3 Å². The van der Waals surface area contributed by atoms with Gasteiger partial charge < -0.3 is 14.2 Å². The summed E-state index contributed by atoms with van der Waals surface area (Å²) < 4.78 is 15.4. The Morgan fingerprint density at radius 2 is 1.75 bits per heavy atom. The molecule has 0 aliphatic heterocycles. The van der Waals surface area contributed by atoms with Gasteiger partial charge in [0.05, 0.1) is 13.7 Å². The Hall–Kier alpha value is -2.04. The SMILES string of the molecule is CCOC(=O)C(C)(C)C(=O)COc1ccccc1OC. The molecule has 0 aliphatic rings. The number of benzene rings is 1. The Morgan fingerprint density at radius 1 is 1.15 bits per heavy atom. The normalized spacial score (nSPS) is 10.8. The third kappa shape index (κ3) is 3.73. The monoisotopic (exact) mass is 280 g/mol. The Kier molecular flexibility index (Phi) is 5.55. The van der Waals surface area contributed by atoms with Gasteiger partial charge in [0.1, 0.15) is 12.0 Å². The summed E-state index contributed by atoms with van der Waals surface area (Å²) in [6.07, 6.45) is 0. The minimum Gasteiger partial charge on any atom is -0.493 e. The lowest BCUT2D eigenvalue weighted by atomic mass is 9.88. The number of esters is 1. The van der Waals surface area contributed by atoms with Gasteiger partial charge in [-0.15, -0.1) is 0 Å². The second-order valence-electron chi connectivity index (χ2n) is 4.71. The molecule has 0 spiro atoms. The Balaban J connectivity index is 2.69. The largest absolute Gasteiger partial charge is 0.493 e. The number of rotatable bonds is 7. The molecule has 0 bridgehead atoms. The molecule has 0 atom stereocenters. The van der Waals surface area contributed by atoms with Gasteiger partial charge in [0.25, 0.3) is 0 Å². The number of ether oxygens (including phenoxy) is 3. The highest BCUT2D eigenvalue weighted by molar-refractivity contribution is 6.03. The molecular weight excluding hydrogens is 260 g/mol. The predicted molar refractivity (Wildman–Crippen MR) is 73.9 cm³/mol. The molecule has 1 rings (SSSR count). The predicted octanol–water partition coefficient (Wildman–Crippen LogP) is 2.23. The van der Waals surface area contributed by atoms with E-state index >= 15 is 0 Å². The molecule has 0 radical (unpaired) electrons. The van der Waals surface area contributed by atoms with Crippen molar-refractivity contribution in [3.8, 4) is 11.5 Å². The van der Waals surface area contributed by atoms with Gasteiger partial charge in [-0.1, -0.05) is 12.1 Å². The standard InChI is InChI=1S/C15H20O5/c1-5-19-14(17)15(2,3)13(16)10-20-12-9-7-6-8-11(12)18-4/h6-9H,5,10H2,1-4H3. The van der Waals surface area contributed by atoms with E-state index in [0.717, 1.165) is 0 Å². The molecule has 0 aliphatic carbocycles. The minimum atomic E-state index is -1.22. The third-order valence-corrected chi connectivity index (χ3v) is 2.91. The molecule has 20 heavy (non-hydrogen) atoms. The lowest BCUT2D eigenvalue weighted by Crippen LogP contribution is -2.38. The zero-order valence-corrected chi connectivity index (χ0v) is 12.3. The first-order chi connectivity index (χ1) is 9.43. The van der Waals surface area contributed by atoms with E-state index < -0.39 is 11.4 Å². The first kappa shape index (κ1) is 16.0. The zero-order chi connectivity index (χ0) is 15.2. The van der Waals surface area contributed by atoms with Crippen molar-refractivity contribution in [2.45, 2.75) is 20.8 Å². The number of carbonyl (C=O) groups excluding carboxylic acids is 2. The summed E-state index contributed by atoms with van der Waals surface area (Å²) in [5.74, 6) is 0.104. The molecule has 1 aromatic carbocycles. The van der Waals surface area contributed by atoms with Crippen LogP contribution >= 0.6 is 0 Å². The summed E-state index contributed by atoms with van der Waals surface area (Å²) in [7, 11) is 1.52. The fourth-order valence-corrected chi connectivity index (χ4v) is 1.49. The maximum absolute atomic E-state index is 12.1. The zero-order valence-electron chi connectivity index (χ0n) is 12.3. The van der Waals surface area contributed by atoms with E-state index in [4.69, 9.17) is 14.2 Å². The van der Waals surface area contributed by atoms with E-state index in [1.54, 1.807) is 31.2 Å². The van der Waals surface area contributed by atoms with Crippen LogP contribution in [0.1, 0.15) is 20.8 Å². The fraction of sp³-hybridized carbons (Fsp3) is 0.467. The van der Waals surface area contributed by atoms with Crippen LogP contribution < -0.4 is 9.47 Å². The topological polar surface area (TPSA) is 61.8 Å². The molecule has 0 heterocycles. The van der Waals surface area contributed by atoms with Crippen molar-refractivity contribution in [2.24, 2.45) is 5.41 Å². The number of carbonyl (C=O) groups is 2. The van der Waals surface area contributed by atoms with Crippen molar-refractivity contribution in [1.82, 2.24) is 0 Å². The molecule has 0 aromatic heterocycles. The second-order valence-corrected chi connectivity index (χ2v) is 4.71. The first-order valence-corrected chi connectivity index (χ1v) is 6.39. The van der Waals surface area contributed by atoms with Crippen molar-refractivity contribution in [3.63, 3.8) is 0 Å². The molecule has 0 N–H and O–H groups in total. The Labute approximate surface area is 118 Å². The van der Waals surface area contributed by atoms with Crippen LogP contribution in [-0.4, -0.2) is 32.1 Å². The first-order valence-electron chi connectivity index (χ1n) is 6.39. The van der Waals surface area contributed by atoms with Crippen LogP contribution in [0.25, 0.3) is 0 Å². The van der Waals surface area contributed by atoms with Gasteiger partial charge in [-0.05, 0) is 32.9 Å². The highest BCUT2D eigenvalue weighted by Crippen LogP contribution is 2.27. The summed E-state index contributed by atoms with van der Waals surface area (Å²) in [5, 5.41) is 0. The molecule has 5 heteroatoms. The fourth-order valence-electron chi connectivity index (χ4n) is 1.49. The molecule has 0 saturated heterocycles. The summed E-state index contributed by atoms with van der Waals surface area (Å²) >= 11 is 0. The Bertz CT molecular complexity index is 479. The maximum Gasteiger partial charge on any atom is 0.319 e. The summed E-state index contributed by atoms with van der Waals surface area (Å²) in [4.78, 5) is 23.8. The van der Waals surface area contributed by atoms with Gasteiger partial charge in [-0.2, -0.15) is 0 Å². The second kappa shape index (κ2) is 6.93. The molecule has 1 aromatic rings. The molecule has 0 fully saturated rings. The van der Waals surface area contributed by atoms with Gasteiger partial charge in [-0.3, -0.25) is 9.59 Å². The Morgan fingerprint density at radius 3 is 2.30 bits per heavy atom. The summed E-state index contributed by atoms with van der Waals surface area (Å²) in [5.41, 5.74) is -1.22. The molecule has 5 nitrogen and oxygen atoms in total. The number of hydrogen-bond donors (Lipinski definition) is 0. The quantitative estimate of drug-likeness (QED) is 0.566. The van der Waals surface area contributed by atoms with Crippen LogP contribution in [0.2, 0.25) is 0 Å². The van der Waals surface area contributed by atoms with Crippen molar-refractivity contribution >= 4 is 11.8 Å². The molecule has 110 valence electrons. The van der Waals surface area contributed by atoms with Gasteiger partial charge in [0.2, 0.25) is 0 Å². The molecular formula is C15H20O5. The summed E-state index contributed by atoms with van der Waals surface area (Å²) in [6.45, 7) is 4.77. The number of methoxy groups -OCH3 is 1. The van der Waals surface area contributed by atoms with Crippen molar-refractivity contribution in [2.75, 3.05) is 20.3 Å². The van der Waals surface area contributed by atoms with E-state index in [-0.39, 0.29) is 19.0 Å². The number of para-hydroxylation sites is 2. The van der Waals surface area contributed by atoms with Gasteiger partial charge >= 0.3 is 5.97 Å². The highest BCUT2D eigenvalue weighted by Gasteiger charge is 2.37. The van der Waals surface area contributed by atoms with E-state index in [0.29, 0.717) is 11.5 Å². The number of hydrogen-bond acceptors (Lipinski definition) is 5.